The maximum atomic E-state index is 10.4. The van der Waals surface area contributed by atoms with Crippen LogP contribution in [0, 0.1) is 6.92 Å². The third-order valence-electron chi connectivity index (χ3n) is 3.21. The molecule has 3 aromatic rings. The van der Waals surface area contributed by atoms with E-state index in [0.29, 0.717) is 5.69 Å². The number of aryl methyl sites for hydroxylation is 1. The van der Waals surface area contributed by atoms with E-state index in [1.807, 2.05) is 123 Å². The lowest BCUT2D eigenvalue weighted by Crippen LogP contribution is -1.80. The second kappa shape index (κ2) is 17.7. The average Bonchev–Trinajstić information content (AvgIpc) is 2.80. The number of hydrogen-bond donors (Lipinski definition) is 1. The minimum absolute atomic E-state index is 0.181. The highest BCUT2D eigenvalue weighted by molar-refractivity contribution is 5.93. The average molecular weight is 383 g/mol. The minimum Gasteiger partial charge on any atom is -0.505 e. The van der Waals surface area contributed by atoms with E-state index in [2.05, 4.69) is 10.2 Å². The van der Waals surface area contributed by atoms with Crippen molar-refractivity contribution < 1.29 is 5.11 Å². The quantitative estimate of drug-likeness (QED) is 0.441. The van der Waals surface area contributed by atoms with Gasteiger partial charge >= 0.3 is 0 Å². The molecule has 0 unspecified atom stereocenters. The summed E-state index contributed by atoms with van der Waals surface area (Å²) in [5.74, 6) is 0.181. The summed E-state index contributed by atoms with van der Waals surface area (Å²) >= 11 is 0. The van der Waals surface area contributed by atoms with Gasteiger partial charge in [0, 0.05) is 5.39 Å². The molecule has 3 heteroatoms. The number of phenolic OH excluding ortho intramolecular Hbond substituents is 1. The van der Waals surface area contributed by atoms with Crippen molar-refractivity contribution in [3.63, 3.8) is 0 Å². The summed E-state index contributed by atoms with van der Waals surface area (Å²) < 4.78 is 0. The molecule has 0 atom stereocenters. The Hall–Kier alpha value is -2.68. The topological polar surface area (TPSA) is 45.0 Å². The molecule has 3 aromatic carbocycles. The number of azo groups is 1. The first-order chi connectivity index (χ1) is 13.8. The van der Waals surface area contributed by atoms with Gasteiger partial charge < -0.3 is 5.11 Å². The first-order valence-corrected chi connectivity index (χ1v) is 10.4. The zero-order valence-electron chi connectivity index (χ0n) is 19.1. The highest BCUT2D eigenvalue weighted by Crippen LogP contribution is 2.38. The van der Waals surface area contributed by atoms with Gasteiger partial charge in [-0.05, 0) is 36.1 Å². The van der Waals surface area contributed by atoms with Gasteiger partial charge in [0.05, 0.1) is 5.69 Å². The van der Waals surface area contributed by atoms with Gasteiger partial charge in [-0.1, -0.05) is 97.9 Å². The van der Waals surface area contributed by atoms with Gasteiger partial charge in [0.1, 0.15) is 5.69 Å². The number of hydrogen-bond acceptors (Lipinski definition) is 3. The van der Waals surface area contributed by atoms with E-state index in [-0.39, 0.29) is 5.75 Å². The van der Waals surface area contributed by atoms with Gasteiger partial charge in [-0.3, -0.25) is 0 Å². The molecule has 3 nitrogen and oxygen atoms in total. The van der Waals surface area contributed by atoms with E-state index in [4.69, 9.17) is 0 Å². The lowest BCUT2D eigenvalue weighted by Gasteiger charge is -2.07. The van der Waals surface area contributed by atoms with Crippen LogP contribution in [-0.2, 0) is 0 Å². The van der Waals surface area contributed by atoms with Crippen molar-refractivity contribution in [3.05, 3.63) is 66.2 Å². The SMILES string of the molecule is CC.CC.CC.CC.Cc1cc2ccccc2c(O)c1N=Nc1ccccc1. The zero-order chi connectivity index (χ0) is 21.9. The molecule has 0 aliphatic heterocycles. The summed E-state index contributed by atoms with van der Waals surface area (Å²) in [5.41, 5.74) is 2.19. The fraction of sp³-hybridized carbons (Fsp3) is 0.360. The van der Waals surface area contributed by atoms with Gasteiger partial charge in [0.25, 0.3) is 0 Å². The minimum atomic E-state index is 0.181. The van der Waals surface area contributed by atoms with E-state index in [0.717, 1.165) is 22.0 Å². The van der Waals surface area contributed by atoms with E-state index in [9.17, 15) is 5.11 Å². The predicted molar refractivity (Wildman–Crippen MR) is 126 cm³/mol. The summed E-state index contributed by atoms with van der Waals surface area (Å²) in [4.78, 5) is 0. The number of aromatic hydroxyl groups is 1. The molecule has 154 valence electrons. The molecule has 0 spiro atoms. The van der Waals surface area contributed by atoms with Crippen molar-refractivity contribution in [2.24, 2.45) is 10.2 Å². The molecule has 0 saturated heterocycles. The van der Waals surface area contributed by atoms with Crippen molar-refractivity contribution in [3.8, 4) is 5.75 Å². The molecule has 1 N–H and O–H groups in total. The molecule has 0 amide bonds. The Morgan fingerprint density at radius 2 is 1.14 bits per heavy atom. The zero-order valence-corrected chi connectivity index (χ0v) is 19.1. The Kier molecular flexibility index (Phi) is 17.4. The molecular formula is C25H38N2O. The highest BCUT2D eigenvalue weighted by atomic mass is 16.3. The lowest BCUT2D eigenvalue weighted by molar-refractivity contribution is 0.482. The standard InChI is InChI=1S/C17H14N2O.4C2H6/c1-12-11-13-7-5-6-10-15(13)17(20)16(12)19-18-14-8-3-2-4-9-14;4*1-2/h2-11,20H,1H3;4*1-2H3. The van der Waals surface area contributed by atoms with Crippen molar-refractivity contribution in [1.29, 1.82) is 0 Å². The number of nitrogens with zero attached hydrogens (tertiary/aromatic N) is 2. The van der Waals surface area contributed by atoms with Crippen molar-refractivity contribution in [2.45, 2.75) is 62.3 Å². The Morgan fingerprint density at radius 3 is 1.71 bits per heavy atom. The van der Waals surface area contributed by atoms with Crippen LogP contribution in [0.5, 0.6) is 5.75 Å². The van der Waals surface area contributed by atoms with E-state index in [1.54, 1.807) is 0 Å². The lowest BCUT2D eigenvalue weighted by atomic mass is 10.0. The number of phenols is 1. The highest BCUT2D eigenvalue weighted by Gasteiger charge is 2.09. The van der Waals surface area contributed by atoms with Crippen LogP contribution in [0.1, 0.15) is 61.0 Å². The Balaban J connectivity index is 0. The summed E-state index contributed by atoms with van der Waals surface area (Å²) in [7, 11) is 0. The summed E-state index contributed by atoms with van der Waals surface area (Å²) in [6.07, 6.45) is 0. The van der Waals surface area contributed by atoms with Crippen LogP contribution >= 0.6 is 0 Å². The number of benzene rings is 3. The Morgan fingerprint density at radius 1 is 0.643 bits per heavy atom. The summed E-state index contributed by atoms with van der Waals surface area (Å²) in [6.45, 7) is 17.9. The number of rotatable bonds is 2. The molecule has 0 heterocycles. The molecule has 0 aromatic heterocycles. The normalized spacial score (nSPS) is 8.89. The predicted octanol–water partition coefficient (Wildman–Crippen LogP) is 9.37. The second-order valence-corrected chi connectivity index (χ2v) is 4.65. The third kappa shape index (κ3) is 8.34. The molecular weight excluding hydrogens is 344 g/mol. The fourth-order valence-corrected chi connectivity index (χ4v) is 2.18. The first kappa shape index (κ1) is 27.5. The Bertz CT molecular complexity index is 781. The molecule has 28 heavy (non-hydrogen) atoms. The van der Waals surface area contributed by atoms with Crippen LogP contribution in [-0.4, -0.2) is 5.11 Å². The molecule has 0 fully saturated rings. The van der Waals surface area contributed by atoms with Crippen LogP contribution in [0.4, 0.5) is 11.4 Å². The largest absolute Gasteiger partial charge is 0.505 e. The summed E-state index contributed by atoms with van der Waals surface area (Å²) in [6, 6.07) is 19.2. The van der Waals surface area contributed by atoms with E-state index in [1.165, 1.54) is 0 Å². The fourth-order valence-electron chi connectivity index (χ4n) is 2.18. The van der Waals surface area contributed by atoms with E-state index >= 15 is 0 Å². The Labute approximate surface area is 172 Å². The smallest absolute Gasteiger partial charge is 0.151 e. The van der Waals surface area contributed by atoms with Crippen LogP contribution in [0.3, 0.4) is 0 Å². The maximum absolute atomic E-state index is 10.4. The van der Waals surface area contributed by atoms with E-state index < -0.39 is 0 Å². The van der Waals surface area contributed by atoms with Crippen LogP contribution in [0.25, 0.3) is 10.8 Å². The molecule has 0 aliphatic carbocycles. The first-order valence-electron chi connectivity index (χ1n) is 10.4. The van der Waals surface area contributed by atoms with Crippen molar-refractivity contribution in [2.75, 3.05) is 0 Å². The molecule has 0 saturated carbocycles. The number of fused-ring (bicyclic) bond motifs is 1. The van der Waals surface area contributed by atoms with Gasteiger partial charge in [0.15, 0.2) is 5.75 Å². The molecule has 0 bridgehead atoms. The van der Waals surface area contributed by atoms with Crippen molar-refractivity contribution >= 4 is 22.1 Å². The van der Waals surface area contributed by atoms with Crippen LogP contribution in [0.2, 0.25) is 0 Å². The molecule has 3 rings (SSSR count). The second-order valence-electron chi connectivity index (χ2n) is 4.65. The molecule has 0 aliphatic rings. The van der Waals surface area contributed by atoms with Crippen LogP contribution in [0.15, 0.2) is 70.9 Å². The van der Waals surface area contributed by atoms with Gasteiger partial charge in [0.2, 0.25) is 0 Å². The van der Waals surface area contributed by atoms with Crippen molar-refractivity contribution in [1.82, 2.24) is 0 Å². The maximum Gasteiger partial charge on any atom is 0.151 e. The third-order valence-corrected chi connectivity index (χ3v) is 3.21. The molecule has 0 radical (unpaired) electrons. The van der Waals surface area contributed by atoms with Gasteiger partial charge in [-0.15, -0.1) is 5.11 Å². The van der Waals surface area contributed by atoms with Gasteiger partial charge in [-0.25, -0.2) is 0 Å². The summed E-state index contributed by atoms with van der Waals surface area (Å²) in [5, 5.41) is 20.5. The van der Waals surface area contributed by atoms with Gasteiger partial charge in [-0.2, -0.15) is 5.11 Å². The van der Waals surface area contributed by atoms with Crippen LogP contribution < -0.4 is 0 Å². The monoisotopic (exact) mass is 382 g/mol.